The highest BCUT2D eigenvalue weighted by atomic mass is 35.5. The van der Waals surface area contributed by atoms with E-state index >= 15 is 0 Å². The molecule has 0 fully saturated rings. The molecule has 1 atom stereocenters. The maximum atomic E-state index is 13.0. The van der Waals surface area contributed by atoms with Crippen LogP contribution in [0.1, 0.15) is 12.5 Å². The lowest BCUT2D eigenvalue weighted by molar-refractivity contribution is 0.208. The number of nitrogens with one attached hydrogen (secondary N) is 1. The summed E-state index contributed by atoms with van der Waals surface area (Å²) < 4.78 is 16.4. The number of fused-ring (bicyclic) bond motifs is 1. The summed E-state index contributed by atoms with van der Waals surface area (Å²) in [6, 6.07) is 8.73. The summed E-state index contributed by atoms with van der Waals surface area (Å²) in [5.41, 5.74) is 2.25. The molecular weight excluding hydrogens is 356 g/mol. The van der Waals surface area contributed by atoms with Gasteiger partial charge in [0.15, 0.2) is 0 Å². The molecule has 2 amide bonds. The minimum Gasteiger partial charge on any atom is -0.495 e. The quantitative estimate of drug-likeness (QED) is 0.857. The molecule has 6 nitrogen and oxygen atoms in total. The molecule has 2 aromatic carbocycles. The molecule has 26 heavy (non-hydrogen) atoms. The van der Waals surface area contributed by atoms with Crippen LogP contribution in [0.4, 0.5) is 16.2 Å². The van der Waals surface area contributed by atoms with Crippen molar-refractivity contribution in [2.24, 2.45) is 0 Å². The zero-order valence-electron chi connectivity index (χ0n) is 15.1. The molecule has 1 heterocycles. The van der Waals surface area contributed by atoms with Crippen molar-refractivity contribution in [3.8, 4) is 17.2 Å². The van der Waals surface area contributed by atoms with E-state index in [-0.39, 0.29) is 12.1 Å². The number of aryl methyl sites for hydroxylation is 1. The van der Waals surface area contributed by atoms with E-state index in [4.69, 9.17) is 25.8 Å². The molecule has 0 spiro atoms. The van der Waals surface area contributed by atoms with Crippen LogP contribution in [-0.2, 0) is 0 Å². The number of ether oxygens (including phenoxy) is 3. The molecule has 138 valence electrons. The number of hydrogen-bond donors (Lipinski definition) is 1. The highest BCUT2D eigenvalue weighted by Crippen LogP contribution is 2.38. The lowest BCUT2D eigenvalue weighted by Crippen LogP contribution is -2.44. The number of nitrogens with zero attached hydrogens (tertiary/aromatic N) is 1. The summed E-state index contributed by atoms with van der Waals surface area (Å²) in [5, 5.41) is 3.26. The second kappa shape index (κ2) is 7.33. The van der Waals surface area contributed by atoms with Gasteiger partial charge in [0.25, 0.3) is 0 Å². The zero-order valence-corrected chi connectivity index (χ0v) is 15.9. The minimum atomic E-state index is -0.286. The normalized spacial score (nSPS) is 15.7. The first-order valence-corrected chi connectivity index (χ1v) is 8.58. The largest absolute Gasteiger partial charge is 0.495 e. The molecule has 7 heteroatoms. The average Bonchev–Trinajstić information content (AvgIpc) is 2.61. The van der Waals surface area contributed by atoms with E-state index < -0.39 is 0 Å². The zero-order chi connectivity index (χ0) is 18.8. The summed E-state index contributed by atoms with van der Waals surface area (Å²) in [6.45, 7) is 4.34. The fourth-order valence-corrected chi connectivity index (χ4v) is 3.12. The molecular formula is C19H21ClN2O4. The molecule has 0 saturated carbocycles. The second-order valence-electron chi connectivity index (χ2n) is 6.13. The molecule has 1 aliphatic heterocycles. The average molecular weight is 377 g/mol. The van der Waals surface area contributed by atoms with Gasteiger partial charge in [0.05, 0.1) is 37.2 Å². The van der Waals surface area contributed by atoms with Crippen molar-refractivity contribution in [1.29, 1.82) is 0 Å². The fourth-order valence-electron chi connectivity index (χ4n) is 2.88. The third-order valence-electron chi connectivity index (χ3n) is 4.13. The molecule has 3 rings (SSSR count). The van der Waals surface area contributed by atoms with Crippen LogP contribution in [0.3, 0.4) is 0 Å². The number of hydrogen-bond acceptors (Lipinski definition) is 4. The van der Waals surface area contributed by atoms with Gasteiger partial charge in [-0.25, -0.2) is 4.79 Å². The number of benzene rings is 2. The topological polar surface area (TPSA) is 60.0 Å². The Morgan fingerprint density at radius 2 is 1.96 bits per heavy atom. The van der Waals surface area contributed by atoms with Gasteiger partial charge in [0.2, 0.25) is 0 Å². The van der Waals surface area contributed by atoms with Gasteiger partial charge in [-0.3, -0.25) is 4.90 Å². The van der Waals surface area contributed by atoms with Crippen LogP contribution in [0, 0.1) is 6.92 Å². The van der Waals surface area contributed by atoms with Gasteiger partial charge >= 0.3 is 6.03 Å². The van der Waals surface area contributed by atoms with E-state index in [2.05, 4.69) is 5.32 Å². The Balaban J connectivity index is 1.92. The van der Waals surface area contributed by atoms with Crippen molar-refractivity contribution >= 4 is 29.0 Å². The number of urea groups is 1. The van der Waals surface area contributed by atoms with Gasteiger partial charge in [-0.15, -0.1) is 0 Å². The van der Waals surface area contributed by atoms with Crippen molar-refractivity contribution in [2.45, 2.75) is 20.0 Å². The molecule has 0 aromatic heterocycles. The van der Waals surface area contributed by atoms with Gasteiger partial charge in [-0.05, 0) is 37.6 Å². The van der Waals surface area contributed by atoms with E-state index in [1.165, 1.54) is 14.2 Å². The Kier molecular flexibility index (Phi) is 5.13. The summed E-state index contributed by atoms with van der Waals surface area (Å²) in [7, 11) is 3.04. The number of halogens is 1. The molecule has 1 N–H and O–H groups in total. The van der Waals surface area contributed by atoms with Crippen molar-refractivity contribution in [3.63, 3.8) is 0 Å². The van der Waals surface area contributed by atoms with Crippen molar-refractivity contribution in [3.05, 3.63) is 40.9 Å². The predicted octanol–water partition coefficient (Wildman–Crippen LogP) is 4.49. The summed E-state index contributed by atoms with van der Waals surface area (Å²) in [4.78, 5) is 14.6. The lowest BCUT2D eigenvalue weighted by Gasteiger charge is -2.33. The van der Waals surface area contributed by atoms with Gasteiger partial charge in [-0.2, -0.15) is 0 Å². The van der Waals surface area contributed by atoms with Gasteiger partial charge < -0.3 is 19.5 Å². The van der Waals surface area contributed by atoms with Gasteiger partial charge in [0, 0.05) is 6.07 Å². The maximum absolute atomic E-state index is 13.0. The van der Waals surface area contributed by atoms with Crippen molar-refractivity contribution in [2.75, 3.05) is 31.0 Å². The first kappa shape index (κ1) is 18.2. The van der Waals surface area contributed by atoms with Crippen LogP contribution in [-0.4, -0.2) is 32.9 Å². The second-order valence-corrected chi connectivity index (χ2v) is 6.53. The highest BCUT2D eigenvalue weighted by Gasteiger charge is 2.28. The van der Waals surface area contributed by atoms with Crippen molar-refractivity contribution < 1.29 is 19.0 Å². The van der Waals surface area contributed by atoms with E-state index in [0.29, 0.717) is 34.5 Å². The number of methoxy groups -OCH3 is 2. The third-order valence-corrected chi connectivity index (χ3v) is 4.43. The van der Waals surface area contributed by atoms with E-state index in [9.17, 15) is 4.79 Å². The molecule has 0 aliphatic carbocycles. The Bertz CT molecular complexity index is 841. The molecule has 0 radical (unpaired) electrons. The Morgan fingerprint density at radius 1 is 1.23 bits per heavy atom. The standard InChI is InChI=1S/C19H21ClN2O4/c1-11-5-6-16-15(7-11)22(10-12(2)26-16)19(23)21-14-8-13(20)17(24-3)9-18(14)25-4/h5-9,12H,10H2,1-4H3,(H,21,23). The molecule has 1 unspecified atom stereocenters. The molecule has 1 aliphatic rings. The van der Waals surface area contributed by atoms with Crippen LogP contribution in [0.15, 0.2) is 30.3 Å². The number of amides is 2. The first-order chi connectivity index (χ1) is 12.4. The van der Waals surface area contributed by atoms with Crippen LogP contribution >= 0.6 is 11.6 Å². The van der Waals surface area contributed by atoms with Gasteiger partial charge in [0.1, 0.15) is 23.4 Å². The monoisotopic (exact) mass is 376 g/mol. The van der Waals surface area contributed by atoms with Crippen LogP contribution in [0.25, 0.3) is 0 Å². The number of carbonyl (C=O) groups is 1. The summed E-state index contributed by atoms with van der Waals surface area (Å²) in [6.07, 6.45) is -0.114. The molecule has 0 bridgehead atoms. The van der Waals surface area contributed by atoms with Crippen molar-refractivity contribution in [1.82, 2.24) is 0 Å². The number of anilines is 2. The summed E-state index contributed by atoms with van der Waals surface area (Å²) in [5.74, 6) is 1.62. The minimum absolute atomic E-state index is 0.114. The first-order valence-electron chi connectivity index (χ1n) is 8.20. The third kappa shape index (κ3) is 3.51. The van der Waals surface area contributed by atoms with E-state index in [1.807, 2.05) is 32.0 Å². The van der Waals surface area contributed by atoms with Crippen LogP contribution in [0.5, 0.6) is 17.2 Å². The van der Waals surface area contributed by atoms with Crippen LogP contribution < -0.4 is 24.4 Å². The van der Waals surface area contributed by atoms with E-state index in [0.717, 1.165) is 11.3 Å². The SMILES string of the molecule is COc1cc(OC)c(NC(=O)N2CC(C)Oc3ccc(C)cc32)cc1Cl. The van der Waals surface area contributed by atoms with E-state index in [1.54, 1.807) is 17.0 Å². The molecule has 2 aromatic rings. The predicted molar refractivity (Wildman–Crippen MR) is 102 cm³/mol. The Hall–Kier alpha value is -2.60. The number of carbonyl (C=O) groups excluding carboxylic acids is 1. The summed E-state index contributed by atoms with van der Waals surface area (Å²) >= 11 is 6.19. The maximum Gasteiger partial charge on any atom is 0.326 e. The smallest absolute Gasteiger partial charge is 0.326 e. The molecule has 0 saturated heterocycles. The number of rotatable bonds is 3. The Labute approximate surface area is 157 Å². The van der Waals surface area contributed by atoms with Crippen LogP contribution in [0.2, 0.25) is 5.02 Å². The van der Waals surface area contributed by atoms with Gasteiger partial charge in [-0.1, -0.05) is 17.7 Å². The lowest BCUT2D eigenvalue weighted by atomic mass is 10.1. The fraction of sp³-hybridized carbons (Fsp3) is 0.316. The Morgan fingerprint density at radius 3 is 2.65 bits per heavy atom. The highest BCUT2D eigenvalue weighted by molar-refractivity contribution is 6.32.